The van der Waals surface area contributed by atoms with E-state index < -0.39 is 0 Å². The van der Waals surface area contributed by atoms with E-state index in [1.807, 2.05) is 18.2 Å². The van der Waals surface area contributed by atoms with Gasteiger partial charge in [-0.05, 0) is 58.0 Å². The summed E-state index contributed by atoms with van der Waals surface area (Å²) < 4.78 is 5.95. The second-order valence-electron chi connectivity index (χ2n) is 5.85. The summed E-state index contributed by atoms with van der Waals surface area (Å²) in [6.45, 7) is 6.26. The Morgan fingerprint density at radius 2 is 2.05 bits per heavy atom. The fourth-order valence-corrected chi connectivity index (χ4v) is 3.06. The maximum absolute atomic E-state index is 6.27. The molecule has 1 aromatic rings. The van der Waals surface area contributed by atoms with Crippen LogP contribution in [0.3, 0.4) is 0 Å². The van der Waals surface area contributed by atoms with Gasteiger partial charge in [0.15, 0.2) is 0 Å². The maximum atomic E-state index is 6.27. The van der Waals surface area contributed by atoms with Crippen molar-refractivity contribution in [1.29, 1.82) is 0 Å². The molecule has 1 atom stereocenters. The van der Waals surface area contributed by atoms with Gasteiger partial charge in [0.25, 0.3) is 0 Å². The van der Waals surface area contributed by atoms with Gasteiger partial charge in [-0.2, -0.15) is 0 Å². The van der Waals surface area contributed by atoms with Gasteiger partial charge in [0.1, 0.15) is 0 Å². The van der Waals surface area contributed by atoms with Gasteiger partial charge in [-0.15, -0.1) is 0 Å². The molecule has 0 bridgehead atoms. The molecular weight excluding hydrogens is 284 g/mol. The van der Waals surface area contributed by atoms with Gasteiger partial charge in [-0.3, -0.25) is 4.90 Å². The minimum absolute atomic E-state index is 0.331. The van der Waals surface area contributed by atoms with E-state index in [9.17, 15) is 0 Å². The Bertz CT molecular complexity index is 421. The zero-order chi connectivity index (χ0) is 15.1. The molecule has 1 aromatic carbocycles. The Morgan fingerprint density at radius 1 is 1.33 bits per heavy atom. The maximum Gasteiger partial charge on any atom is 0.0599 e. The van der Waals surface area contributed by atoms with Gasteiger partial charge in [0.2, 0.25) is 0 Å². The molecule has 1 heterocycles. The predicted molar refractivity (Wildman–Crippen MR) is 89.0 cm³/mol. The van der Waals surface area contributed by atoms with Gasteiger partial charge in [-0.1, -0.05) is 29.8 Å². The molecule has 0 saturated carbocycles. The van der Waals surface area contributed by atoms with Gasteiger partial charge in [0, 0.05) is 24.2 Å². The first kappa shape index (κ1) is 16.8. The number of piperidine rings is 1. The van der Waals surface area contributed by atoms with E-state index in [1.165, 1.54) is 5.56 Å². The van der Waals surface area contributed by atoms with Gasteiger partial charge >= 0.3 is 0 Å². The number of hydrogen-bond acceptors (Lipinski definition) is 3. The zero-order valence-corrected chi connectivity index (χ0v) is 13.9. The molecule has 1 fully saturated rings. The molecule has 3 nitrogen and oxygen atoms in total. The van der Waals surface area contributed by atoms with Crippen molar-refractivity contribution in [2.24, 2.45) is 0 Å². The Morgan fingerprint density at radius 3 is 2.76 bits per heavy atom. The van der Waals surface area contributed by atoms with Crippen LogP contribution in [0.5, 0.6) is 0 Å². The van der Waals surface area contributed by atoms with Gasteiger partial charge < -0.3 is 10.1 Å². The van der Waals surface area contributed by atoms with E-state index in [0.29, 0.717) is 12.1 Å². The third-order valence-electron chi connectivity index (χ3n) is 4.31. The van der Waals surface area contributed by atoms with E-state index in [-0.39, 0.29) is 0 Å². The van der Waals surface area contributed by atoms with Crippen LogP contribution in [0.25, 0.3) is 0 Å². The number of hydrogen-bond donors (Lipinski definition) is 1. The first-order valence-electron chi connectivity index (χ1n) is 7.95. The quantitative estimate of drug-likeness (QED) is 0.780. The van der Waals surface area contributed by atoms with Crippen LogP contribution >= 0.6 is 11.6 Å². The van der Waals surface area contributed by atoms with Crippen molar-refractivity contribution in [2.75, 3.05) is 33.3 Å². The summed E-state index contributed by atoms with van der Waals surface area (Å²) in [5.41, 5.74) is 1.20. The molecule has 1 aliphatic heterocycles. The van der Waals surface area contributed by atoms with Crippen molar-refractivity contribution < 1.29 is 4.74 Å². The minimum Gasteiger partial charge on any atom is -0.378 e. The Hall–Kier alpha value is -0.610. The molecule has 1 saturated heterocycles. The molecule has 1 N–H and O–H groups in total. The number of nitrogens with one attached hydrogen (secondary N) is 1. The average molecular weight is 311 g/mol. The van der Waals surface area contributed by atoms with Crippen LogP contribution < -0.4 is 5.32 Å². The van der Waals surface area contributed by atoms with Crippen molar-refractivity contribution in [2.45, 2.75) is 38.3 Å². The van der Waals surface area contributed by atoms with Gasteiger partial charge in [0.05, 0.1) is 6.10 Å². The lowest BCUT2D eigenvalue weighted by Crippen LogP contribution is -2.33. The lowest BCUT2D eigenvalue weighted by atomic mass is 10.1. The highest BCUT2D eigenvalue weighted by Crippen LogP contribution is 2.26. The number of benzene rings is 1. The molecule has 1 aliphatic rings. The standard InChI is InChI=1S/C17H27ClN2O/c1-14(16-6-3-4-7-17(16)18)20(2)12-5-13-21-15-8-10-19-11-9-15/h3-4,6-7,14-15,19H,5,8-13H2,1-2H3. The number of halogens is 1. The van der Waals surface area contributed by atoms with Crippen LogP contribution in [0.15, 0.2) is 24.3 Å². The average Bonchev–Trinajstić information content (AvgIpc) is 2.52. The number of rotatable bonds is 7. The fraction of sp³-hybridized carbons (Fsp3) is 0.647. The molecule has 0 aliphatic carbocycles. The molecule has 118 valence electrons. The Labute approximate surface area is 133 Å². The molecule has 0 amide bonds. The summed E-state index contributed by atoms with van der Waals surface area (Å²) >= 11 is 6.27. The highest BCUT2D eigenvalue weighted by Gasteiger charge is 2.15. The van der Waals surface area contributed by atoms with Crippen molar-refractivity contribution in [3.63, 3.8) is 0 Å². The van der Waals surface area contributed by atoms with Crippen LogP contribution in [0.1, 0.15) is 37.8 Å². The molecule has 21 heavy (non-hydrogen) atoms. The van der Waals surface area contributed by atoms with Gasteiger partial charge in [-0.25, -0.2) is 0 Å². The van der Waals surface area contributed by atoms with Crippen molar-refractivity contribution in [3.8, 4) is 0 Å². The number of nitrogens with zero attached hydrogens (tertiary/aromatic N) is 1. The second-order valence-corrected chi connectivity index (χ2v) is 6.26. The van der Waals surface area contributed by atoms with E-state index >= 15 is 0 Å². The zero-order valence-electron chi connectivity index (χ0n) is 13.1. The van der Waals surface area contributed by atoms with E-state index in [2.05, 4.69) is 30.3 Å². The normalized spacial score (nSPS) is 18.1. The molecule has 2 rings (SSSR count). The summed E-state index contributed by atoms with van der Waals surface area (Å²) in [7, 11) is 2.15. The fourth-order valence-electron chi connectivity index (χ4n) is 2.77. The van der Waals surface area contributed by atoms with Crippen molar-refractivity contribution in [3.05, 3.63) is 34.9 Å². The minimum atomic E-state index is 0.331. The molecule has 0 spiro atoms. The third-order valence-corrected chi connectivity index (χ3v) is 4.66. The molecular formula is C17H27ClN2O. The summed E-state index contributed by atoms with van der Waals surface area (Å²) in [4.78, 5) is 2.34. The summed E-state index contributed by atoms with van der Waals surface area (Å²) in [6.07, 6.45) is 3.81. The molecule has 1 unspecified atom stereocenters. The van der Waals surface area contributed by atoms with E-state index in [1.54, 1.807) is 0 Å². The largest absolute Gasteiger partial charge is 0.378 e. The second kappa shape index (κ2) is 8.74. The van der Waals surface area contributed by atoms with E-state index in [4.69, 9.17) is 16.3 Å². The lowest BCUT2D eigenvalue weighted by Gasteiger charge is -2.27. The third kappa shape index (κ3) is 5.26. The van der Waals surface area contributed by atoms with Crippen LogP contribution in [0, 0.1) is 0 Å². The first-order chi connectivity index (χ1) is 10.2. The van der Waals surface area contributed by atoms with Crippen LogP contribution in [-0.2, 0) is 4.74 Å². The first-order valence-corrected chi connectivity index (χ1v) is 8.33. The van der Waals surface area contributed by atoms with Crippen molar-refractivity contribution >= 4 is 11.6 Å². The molecule has 0 aromatic heterocycles. The highest BCUT2D eigenvalue weighted by atomic mass is 35.5. The predicted octanol–water partition coefficient (Wildman–Crippen LogP) is 3.49. The summed E-state index contributed by atoms with van der Waals surface area (Å²) in [6, 6.07) is 8.42. The smallest absolute Gasteiger partial charge is 0.0599 e. The SMILES string of the molecule is CC(c1ccccc1Cl)N(C)CCCOC1CCNCC1. The van der Waals surface area contributed by atoms with Crippen molar-refractivity contribution in [1.82, 2.24) is 10.2 Å². The Kier molecular flexibility index (Phi) is 6.97. The van der Waals surface area contributed by atoms with Crippen LogP contribution in [0.4, 0.5) is 0 Å². The number of ether oxygens (including phenoxy) is 1. The topological polar surface area (TPSA) is 24.5 Å². The summed E-state index contributed by atoms with van der Waals surface area (Å²) in [5.74, 6) is 0. The highest BCUT2D eigenvalue weighted by molar-refractivity contribution is 6.31. The lowest BCUT2D eigenvalue weighted by molar-refractivity contribution is 0.0274. The molecule has 4 heteroatoms. The van der Waals surface area contributed by atoms with E-state index in [0.717, 1.165) is 50.5 Å². The monoisotopic (exact) mass is 310 g/mol. The molecule has 0 radical (unpaired) electrons. The van der Waals surface area contributed by atoms with Crippen LogP contribution in [0.2, 0.25) is 5.02 Å². The summed E-state index contributed by atoms with van der Waals surface area (Å²) in [5, 5.41) is 4.21. The Balaban J connectivity index is 1.69. The van der Waals surface area contributed by atoms with Crippen LogP contribution in [-0.4, -0.2) is 44.3 Å².